The Kier molecular flexibility index (Phi) is 3.31. The van der Waals surface area contributed by atoms with Crippen LogP contribution in [0, 0.1) is 6.92 Å². The van der Waals surface area contributed by atoms with Crippen LogP contribution in [0.25, 0.3) is 0 Å². The summed E-state index contributed by atoms with van der Waals surface area (Å²) < 4.78 is 6.31. The van der Waals surface area contributed by atoms with Gasteiger partial charge in [0.05, 0.1) is 6.10 Å². The van der Waals surface area contributed by atoms with Crippen molar-refractivity contribution in [3.8, 4) is 0 Å². The molecule has 1 heterocycles. The van der Waals surface area contributed by atoms with E-state index in [0.717, 1.165) is 6.42 Å². The topological polar surface area (TPSA) is 9.23 Å². The number of hydrogen-bond acceptors (Lipinski definition) is 1. The highest BCUT2D eigenvalue weighted by atomic mass is 28.4. The maximum Gasteiger partial charge on any atom is 0.214 e. The van der Waals surface area contributed by atoms with Gasteiger partial charge in [-0.3, -0.25) is 0 Å². The molecule has 86 valence electrons. The summed E-state index contributed by atoms with van der Waals surface area (Å²) in [6.07, 6.45) is 2.72. The first-order valence-corrected chi connectivity index (χ1v) is 8.71. The van der Waals surface area contributed by atoms with E-state index in [9.17, 15) is 0 Å². The van der Waals surface area contributed by atoms with E-state index in [2.05, 4.69) is 50.0 Å². The van der Waals surface area contributed by atoms with E-state index in [1.165, 1.54) is 23.6 Å². The molecule has 2 rings (SSSR count). The first-order valence-electron chi connectivity index (χ1n) is 6.01. The fourth-order valence-corrected chi connectivity index (χ4v) is 4.62. The summed E-state index contributed by atoms with van der Waals surface area (Å²) in [6, 6.07) is 9.78. The lowest BCUT2D eigenvalue weighted by molar-refractivity contribution is 0.165. The van der Waals surface area contributed by atoms with E-state index in [-0.39, 0.29) is 0 Å². The van der Waals surface area contributed by atoms with Gasteiger partial charge in [-0.25, -0.2) is 0 Å². The van der Waals surface area contributed by atoms with Crippen molar-refractivity contribution in [2.75, 3.05) is 0 Å². The molecule has 2 atom stereocenters. The van der Waals surface area contributed by atoms with E-state index in [1.807, 2.05) is 0 Å². The molecule has 0 amide bonds. The molecule has 0 radical (unpaired) electrons. The summed E-state index contributed by atoms with van der Waals surface area (Å²) in [6.45, 7) is 8.38. The molecule has 0 saturated carbocycles. The van der Waals surface area contributed by atoms with Crippen molar-refractivity contribution in [1.29, 1.82) is 0 Å². The molecule has 0 aliphatic carbocycles. The van der Waals surface area contributed by atoms with E-state index >= 15 is 0 Å². The molecule has 1 aromatic carbocycles. The lowest BCUT2D eigenvalue weighted by Crippen LogP contribution is -2.37. The van der Waals surface area contributed by atoms with Gasteiger partial charge in [0.2, 0.25) is 8.32 Å². The molecule has 0 N–H and O–H groups in total. The Morgan fingerprint density at radius 2 is 2.19 bits per heavy atom. The average molecular weight is 232 g/mol. The van der Waals surface area contributed by atoms with Gasteiger partial charge in [0.1, 0.15) is 0 Å². The molecule has 1 nitrogen and oxygen atoms in total. The summed E-state index contributed by atoms with van der Waals surface area (Å²) in [5.41, 5.74) is 4.79. The van der Waals surface area contributed by atoms with Gasteiger partial charge in [-0.05, 0) is 37.1 Å². The van der Waals surface area contributed by atoms with Crippen molar-refractivity contribution in [3.05, 3.63) is 47.7 Å². The maximum absolute atomic E-state index is 6.31. The van der Waals surface area contributed by atoms with Crippen LogP contribution in [0.5, 0.6) is 0 Å². The third kappa shape index (κ3) is 2.28. The van der Waals surface area contributed by atoms with Crippen molar-refractivity contribution >= 4 is 8.32 Å². The largest absolute Gasteiger partial charge is 0.406 e. The molecule has 1 aliphatic rings. The Balaban J connectivity index is 2.22. The summed E-state index contributed by atoms with van der Waals surface area (Å²) >= 11 is 0. The van der Waals surface area contributed by atoms with Crippen molar-refractivity contribution in [2.45, 2.75) is 38.5 Å². The lowest BCUT2D eigenvalue weighted by atomic mass is 10.0. The van der Waals surface area contributed by atoms with Gasteiger partial charge >= 0.3 is 0 Å². The van der Waals surface area contributed by atoms with Crippen molar-refractivity contribution in [1.82, 2.24) is 0 Å². The normalized spacial score (nSPS) is 30.0. The number of rotatable bonds is 2. The summed E-state index contributed by atoms with van der Waals surface area (Å²) in [4.78, 5) is 0. The van der Waals surface area contributed by atoms with Gasteiger partial charge in [0.15, 0.2) is 0 Å². The monoisotopic (exact) mass is 232 g/mol. The van der Waals surface area contributed by atoms with Crippen LogP contribution >= 0.6 is 0 Å². The van der Waals surface area contributed by atoms with Gasteiger partial charge in [-0.2, -0.15) is 0 Å². The molecule has 1 saturated heterocycles. The zero-order chi connectivity index (χ0) is 11.6. The molecular weight excluding hydrogens is 212 g/mol. The van der Waals surface area contributed by atoms with E-state index < -0.39 is 8.32 Å². The molecule has 1 aromatic rings. The molecule has 2 heteroatoms. The second-order valence-corrected chi connectivity index (χ2v) is 8.64. The van der Waals surface area contributed by atoms with Crippen molar-refractivity contribution < 1.29 is 4.43 Å². The third-order valence-electron chi connectivity index (χ3n) is 3.52. The van der Waals surface area contributed by atoms with Crippen LogP contribution < -0.4 is 0 Å². The van der Waals surface area contributed by atoms with Gasteiger partial charge in [0.25, 0.3) is 0 Å². The molecule has 0 spiro atoms. The number of aryl methyl sites for hydroxylation is 1. The second-order valence-electron chi connectivity index (χ2n) is 4.87. The Morgan fingerprint density at radius 3 is 2.88 bits per heavy atom. The zero-order valence-corrected chi connectivity index (χ0v) is 11.2. The van der Waals surface area contributed by atoms with E-state index in [4.69, 9.17) is 4.43 Å². The Morgan fingerprint density at radius 1 is 1.44 bits per heavy atom. The summed E-state index contributed by atoms with van der Waals surface area (Å²) in [5.74, 6) is 0. The fraction of sp³-hybridized carbons (Fsp3) is 0.429. The van der Waals surface area contributed by atoms with Gasteiger partial charge in [-0.1, -0.05) is 36.4 Å². The maximum atomic E-state index is 6.31. The molecule has 2 unspecified atom stereocenters. The van der Waals surface area contributed by atoms with Crippen LogP contribution in [0.1, 0.15) is 30.1 Å². The molecule has 0 bridgehead atoms. The first-order chi connectivity index (χ1) is 7.64. The Bertz CT molecular complexity index is 388. The van der Waals surface area contributed by atoms with Crippen LogP contribution in [0.2, 0.25) is 12.6 Å². The van der Waals surface area contributed by atoms with Gasteiger partial charge in [0, 0.05) is 0 Å². The van der Waals surface area contributed by atoms with Crippen molar-refractivity contribution in [3.63, 3.8) is 0 Å². The SMILES string of the molecule is C=C[Si]1(C)CCCC(c2ccccc2C)O1. The second kappa shape index (κ2) is 4.56. The number of hydrogen-bond donors (Lipinski definition) is 0. The standard InChI is InChI=1S/C14H20OSi/c1-4-16(3)11-7-10-14(15-16)13-9-6-5-8-12(13)2/h4-6,8-9,14H,1,7,10-11H2,2-3H3. The average Bonchev–Trinajstić information content (AvgIpc) is 2.30. The van der Waals surface area contributed by atoms with Crippen LogP contribution in [0.15, 0.2) is 36.5 Å². The highest BCUT2D eigenvalue weighted by Gasteiger charge is 2.33. The minimum atomic E-state index is -1.62. The van der Waals surface area contributed by atoms with E-state index in [0.29, 0.717) is 6.10 Å². The lowest BCUT2D eigenvalue weighted by Gasteiger charge is -2.35. The predicted molar refractivity (Wildman–Crippen MR) is 70.9 cm³/mol. The summed E-state index contributed by atoms with van der Waals surface area (Å²) in [5, 5.41) is 0. The quantitative estimate of drug-likeness (QED) is 0.696. The zero-order valence-electron chi connectivity index (χ0n) is 10.2. The van der Waals surface area contributed by atoms with Crippen LogP contribution in [0.4, 0.5) is 0 Å². The first kappa shape index (κ1) is 11.6. The molecule has 1 aliphatic heterocycles. The predicted octanol–water partition coefficient (Wildman–Crippen LogP) is 4.15. The van der Waals surface area contributed by atoms with Crippen molar-refractivity contribution in [2.24, 2.45) is 0 Å². The summed E-state index contributed by atoms with van der Waals surface area (Å²) in [7, 11) is -1.62. The minimum absolute atomic E-state index is 0.296. The Labute approximate surface area is 99.3 Å². The number of benzene rings is 1. The highest BCUT2D eigenvalue weighted by Crippen LogP contribution is 2.36. The molecule has 1 fully saturated rings. The Hall–Kier alpha value is -0.863. The van der Waals surface area contributed by atoms with Crippen LogP contribution in [0.3, 0.4) is 0 Å². The van der Waals surface area contributed by atoms with Crippen LogP contribution in [-0.4, -0.2) is 8.32 Å². The minimum Gasteiger partial charge on any atom is -0.406 e. The highest BCUT2D eigenvalue weighted by molar-refractivity contribution is 6.77. The smallest absolute Gasteiger partial charge is 0.214 e. The van der Waals surface area contributed by atoms with Gasteiger partial charge in [-0.15, -0.1) is 6.58 Å². The third-order valence-corrected chi connectivity index (χ3v) is 6.55. The van der Waals surface area contributed by atoms with E-state index in [1.54, 1.807) is 0 Å². The molecule has 0 aromatic heterocycles. The molecule has 16 heavy (non-hydrogen) atoms. The van der Waals surface area contributed by atoms with Gasteiger partial charge < -0.3 is 4.43 Å². The fourth-order valence-electron chi connectivity index (χ4n) is 2.40. The van der Waals surface area contributed by atoms with Crippen LogP contribution in [-0.2, 0) is 4.43 Å². The molecular formula is C14H20OSi.